The molecule has 1 aliphatic carbocycles. The van der Waals surface area contributed by atoms with Crippen LogP contribution >= 0.6 is 11.3 Å². The van der Waals surface area contributed by atoms with Crippen LogP contribution in [-0.2, 0) is 6.54 Å². The Balaban J connectivity index is 1.75. The Labute approximate surface area is 126 Å². The van der Waals surface area contributed by atoms with Crippen molar-refractivity contribution in [1.82, 2.24) is 15.6 Å². The highest BCUT2D eigenvalue weighted by atomic mass is 32.1. The molecule has 2 rings (SSSR count). The van der Waals surface area contributed by atoms with Crippen molar-refractivity contribution in [2.75, 3.05) is 7.05 Å². The quantitative estimate of drug-likeness (QED) is 0.663. The number of hydrogen-bond acceptors (Lipinski definition) is 3. The maximum Gasteiger partial charge on any atom is 0.191 e. The van der Waals surface area contributed by atoms with Crippen molar-refractivity contribution in [3.8, 4) is 0 Å². The monoisotopic (exact) mass is 294 g/mol. The van der Waals surface area contributed by atoms with Crippen molar-refractivity contribution < 1.29 is 0 Å². The number of guanidine groups is 1. The molecular formula is C15H26N4S. The van der Waals surface area contributed by atoms with Gasteiger partial charge in [-0.1, -0.05) is 13.3 Å². The molecule has 5 heteroatoms. The Morgan fingerprint density at radius 1 is 1.40 bits per heavy atom. The topological polar surface area (TPSA) is 49.3 Å². The van der Waals surface area contributed by atoms with Gasteiger partial charge in [-0.25, -0.2) is 4.98 Å². The van der Waals surface area contributed by atoms with Crippen LogP contribution in [0.15, 0.2) is 11.2 Å². The number of nitrogens with zero attached hydrogens (tertiary/aromatic N) is 2. The molecular weight excluding hydrogens is 268 g/mol. The number of nitrogens with one attached hydrogen (secondary N) is 2. The lowest BCUT2D eigenvalue weighted by atomic mass is 9.84. The summed E-state index contributed by atoms with van der Waals surface area (Å²) in [5.74, 6) is 1.83. The van der Waals surface area contributed by atoms with Gasteiger partial charge in [0, 0.05) is 24.2 Å². The zero-order valence-corrected chi connectivity index (χ0v) is 13.6. The zero-order valence-electron chi connectivity index (χ0n) is 12.8. The van der Waals surface area contributed by atoms with Crippen LogP contribution in [0.25, 0.3) is 0 Å². The molecule has 1 saturated carbocycles. The average molecular weight is 294 g/mol. The van der Waals surface area contributed by atoms with Gasteiger partial charge < -0.3 is 10.6 Å². The standard InChI is InChI=1S/C15H26N4S/c1-4-12-5-7-13(8-6-12)19-15(16-3)18-10-14-17-9-11(2)20-14/h9,12-13H,4-8,10H2,1-3H3,(H2,16,18,19). The van der Waals surface area contributed by atoms with Gasteiger partial charge in [0.1, 0.15) is 5.01 Å². The van der Waals surface area contributed by atoms with Gasteiger partial charge in [-0.2, -0.15) is 0 Å². The number of aliphatic imine (C=N–C) groups is 1. The predicted octanol–water partition coefficient (Wildman–Crippen LogP) is 3.09. The van der Waals surface area contributed by atoms with Crippen molar-refractivity contribution in [2.24, 2.45) is 10.9 Å². The summed E-state index contributed by atoms with van der Waals surface area (Å²) in [6.07, 6.45) is 8.45. The highest BCUT2D eigenvalue weighted by Crippen LogP contribution is 2.26. The summed E-state index contributed by atoms with van der Waals surface area (Å²) in [5.41, 5.74) is 0. The van der Waals surface area contributed by atoms with E-state index in [0.29, 0.717) is 6.04 Å². The Bertz CT molecular complexity index is 433. The van der Waals surface area contributed by atoms with E-state index in [-0.39, 0.29) is 0 Å². The molecule has 1 aliphatic rings. The summed E-state index contributed by atoms with van der Waals surface area (Å²) in [7, 11) is 1.83. The first kappa shape index (κ1) is 15.3. The number of aryl methyl sites for hydroxylation is 1. The minimum Gasteiger partial charge on any atom is -0.354 e. The van der Waals surface area contributed by atoms with E-state index < -0.39 is 0 Å². The number of thiazole rings is 1. The molecule has 0 radical (unpaired) electrons. The summed E-state index contributed by atoms with van der Waals surface area (Å²) in [5, 5.41) is 8.01. The van der Waals surface area contributed by atoms with Crippen LogP contribution in [0.2, 0.25) is 0 Å². The van der Waals surface area contributed by atoms with Gasteiger partial charge >= 0.3 is 0 Å². The molecule has 0 aliphatic heterocycles. The van der Waals surface area contributed by atoms with E-state index in [4.69, 9.17) is 0 Å². The van der Waals surface area contributed by atoms with E-state index in [1.54, 1.807) is 11.3 Å². The normalized spacial score (nSPS) is 23.6. The Hall–Kier alpha value is -1.10. The molecule has 0 unspecified atom stereocenters. The molecule has 0 saturated heterocycles. The van der Waals surface area contributed by atoms with E-state index >= 15 is 0 Å². The van der Waals surface area contributed by atoms with E-state index in [9.17, 15) is 0 Å². The van der Waals surface area contributed by atoms with Crippen molar-refractivity contribution in [1.29, 1.82) is 0 Å². The molecule has 0 amide bonds. The first-order chi connectivity index (χ1) is 9.71. The van der Waals surface area contributed by atoms with Crippen LogP contribution in [0.4, 0.5) is 0 Å². The van der Waals surface area contributed by atoms with E-state index in [0.717, 1.165) is 23.4 Å². The summed E-state index contributed by atoms with van der Waals surface area (Å²) in [6.45, 7) is 5.14. The highest BCUT2D eigenvalue weighted by molar-refractivity contribution is 7.11. The van der Waals surface area contributed by atoms with Crippen LogP contribution in [0, 0.1) is 12.8 Å². The fourth-order valence-corrected chi connectivity index (χ4v) is 3.47. The molecule has 20 heavy (non-hydrogen) atoms. The van der Waals surface area contributed by atoms with Gasteiger partial charge in [-0.05, 0) is 38.5 Å². The van der Waals surface area contributed by atoms with Crippen molar-refractivity contribution in [3.63, 3.8) is 0 Å². The summed E-state index contributed by atoms with van der Waals surface area (Å²) < 4.78 is 0. The second kappa shape index (κ2) is 7.62. The summed E-state index contributed by atoms with van der Waals surface area (Å²) >= 11 is 1.73. The zero-order chi connectivity index (χ0) is 14.4. The van der Waals surface area contributed by atoms with Crippen LogP contribution in [-0.4, -0.2) is 24.0 Å². The number of aromatic nitrogens is 1. The van der Waals surface area contributed by atoms with Gasteiger partial charge in [0.25, 0.3) is 0 Å². The van der Waals surface area contributed by atoms with Gasteiger partial charge in [-0.3, -0.25) is 4.99 Å². The third-order valence-corrected chi connectivity index (χ3v) is 4.98. The Kier molecular flexibility index (Phi) is 5.83. The fourth-order valence-electron chi connectivity index (χ4n) is 2.75. The van der Waals surface area contributed by atoms with Crippen molar-refractivity contribution in [2.45, 2.75) is 58.5 Å². The first-order valence-corrected chi connectivity index (χ1v) is 8.41. The Morgan fingerprint density at radius 2 is 2.15 bits per heavy atom. The molecule has 1 aromatic heterocycles. The molecule has 0 spiro atoms. The fraction of sp³-hybridized carbons (Fsp3) is 0.733. The van der Waals surface area contributed by atoms with E-state index in [1.165, 1.54) is 37.0 Å². The third kappa shape index (κ3) is 4.47. The maximum absolute atomic E-state index is 4.36. The average Bonchev–Trinajstić information content (AvgIpc) is 2.89. The molecule has 1 aromatic rings. The van der Waals surface area contributed by atoms with Crippen LogP contribution in [0.5, 0.6) is 0 Å². The van der Waals surface area contributed by atoms with Gasteiger partial charge in [0.05, 0.1) is 6.54 Å². The minimum absolute atomic E-state index is 0.571. The lowest BCUT2D eigenvalue weighted by Crippen LogP contribution is -2.44. The minimum atomic E-state index is 0.571. The summed E-state index contributed by atoms with van der Waals surface area (Å²) in [4.78, 5) is 9.93. The second-order valence-corrected chi connectivity index (χ2v) is 6.88. The Morgan fingerprint density at radius 3 is 2.70 bits per heavy atom. The predicted molar refractivity (Wildman–Crippen MR) is 86.2 cm³/mol. The SMILES string of the molecule is CCC1CCC(NC(=NC)NCc2ncc(C)s2)CC1. The van der Waals surface area contributed by atoms with Gasteiger partial charge in [-0.15, -0.1) is 11.3 Å². The molecule has 1 fully saturated rings. The smallest absolute Gasteiger partial charge is 0.191 e. The van der Waals surface area contributed by atoms with Crippen LogP contribution < -0.4 is 10.6 Å². The molecule has 0 bridgehead atoms. The molecule has 2 N–H and O–H groups in total. The molecule has 0 atom stereocenters. The molecule has 112 valence electrons. The van der Waals surface area contributed by atoms with E-state index in [2.05, 4.69) is 34.5 Å². The molecule has 4 nitrogen and oxygen atoms in total. The number of rotatable bonds is 4. The maximum atomic E-state index is 4.36. The lowest BCUT2D eigenvalue weighted by molar-refractivity contribution is 0.304. The second-order valence-electron chi connectivity index (χ2n) is 5.56. The largest absolute Gasteiger partial charge is 0.354 e. The highest BCUT2D eigenvalue weighted by Gasteiger charge is 2.20. The van der Waals surface area contributed by atoms with Crippen LogP contribution in [0.1, 0.15) is 48.9 Å². The van der Waals surface area contributed by atoms with Gasteiger partial charge in [0.2, 0.25) is 0 Å². The van der Waals surface area contributed by atoms with Gasteiger partial charge in [0.15, 0.2) is 5.96 Å². The molecule has 1 heterocycles. The summed E-state index contributed by atoms with van der Waals surface area (Å²) in [6, 6.07) is 0.571. The van der Waals surface area contributed by atoms with Crippen LogP contribution in [0.3, 0.4) is 0 Å². The third-order valence-electron chi connectivity index (χ3n) is 4.06. The van der Waals surface area contributed by atoms with Crippen molar-refractivity contribution in [3.05, 3.63) is 16.1 Å². The number of hydrogen-bond donors (Lipinski definition) is 2. The molecule has 0 aromatic carbocycles. The van der Waals surface area contributed by atoms with E-state index in [1.807, 2.05) is 13.2 Å². The first-order valence-electron chi connectivity index (χ1n) is 7.59. The lowest BCUT2D eigenvalue weighted by Gasteiger charge is -2.29. The van der Waals surface area contributed by atoms with Crippen molar-refractivity contribution >= 4 is 17.3 Å².